The summed E-state index contributed by atoms with van der Waals surface area (Å²) in [5.41, 5.74) is 1.13. The van der Waals surface area contributed by atoms with Crippen molar-refractivity contribution in [2.75, 3.05) is 11.9 Å². The Bertz CT molecular complexity index is 583. The Morgan fingerprint density at radius 3 is 2.58 bits per heavy atom. The lowest BCUT2D eigenvalue weighted by atomic mass is 10.2. The topological polar surface area (TPSA) is 63.6 Å². The van der Waals surface area contributed by atoms with E-state index < -0.39 is 0 Å². The van der Waals surface area contributed by atoms with Gasteiger partial charge in [-0.15, -0.1) is 0 Å². The van der Waals surface area contributed by atoms with Crippen molar-refractivity contribution in [2.24, 2.45) is 0 Å². The van der Waals surface area contributed by atoms with Crippen LogP contribution in [0, 0.1) is 3.57 Å². The molecule has 2 heterocycles. The summed E-state index contributed by atoms with van der Waals surface area (Å²) < 4.78 is 1.13. The van der Waals surface area contributed by atoms with Gasteiger partial charge in [0.1, 0.15) is 5.82 Å². The van der Waals surface area contributed by atoms with Crippen LogP contribution >= 0.6 is 22.6 Å². The monoisotopic (exact) mass is 367 g/mol. The molecule has 98 valence electrons. The van der Waals surface area contributed by atoms with E-state index >= 15 is 0 Å². The number of nitrogens with one attached hydrogen (secondary N) is 1. The van der Waals surface area contributed by atoms with Crippen LogP contribution in [-0.4, -0.2) is 26.5 Å². The number of rotatable bonds is 4. The predicted octanol–water partition coefficient (Wildman–Crippen LogP) is 2.85. The fraction of sp³-hybridized carbons (Fsp3) is 0.385. The van der Waals surface area contributed by atoms with E-state index in [9.17, 15) is 0 Å². The van der Waals surface area contributed by atoms with E-state index in [0.717, 1.165) is 21.6 Å². The summed E-state index contributed by atoms with van der Waals surface area (Å²) in [6.45, 7) is 2.90. The van der Waals surface area contributed by atoms with Crippen molar-refractivity contribution >= 4 is 28.4 Å². The van der Waals surface area contributed by atoms with Gasteiger partial charge in [-0.25, -0.2) is 19.9 Å². The van der Waals surface area contributed by atoms with Crippen molar-refractivity contribution in [3.05, 3.63) is 27.7 Å². The molecule has 0 aromatic carbocycles. The van der Waals surface area contributed by atoms with Gasteiger partial charge >= 0.3 is 0 Å². The minimum atomic E-state index is 0.578. The second-order valence-corrected chi connectivity index (χ2v) is 5.55. The van der Waals surface area contributed by atoms with Crippen molar-refractivity contribution in [3.63, 3.8) is 0 Å². The van der Waals surface area contributed by atoms with Gasteiger partial charge in [0.05, 0.1) is 9.26 Å². The van der Waals surface area contributed by atoms with Crippen LogP contribution in [0.25, 0.3) is 11.6 Å². The molecule has 2 aromatic rings. The highest BCUT2D eigenvalue weighted by molar-refractivity contribution is 14.1. The van der Waals surface area contributed by atoms with Crippen LogP contribution in [-0.2, 0) is 0 Å². The number of aromatic nitrogens is 4. The van der Waals surface area contributed by atoms with Gasteiger partial charge in [0.25, 0.3) is 0 Å². The van der Waals surface area contributed by atoms with E-state index in [1.54, 1.807) is 18.5 Å². The first-order valence-electron chi connectivity index (χ1n) is 6.38. The normalized spacial score (nSPS) is 14.4. The highest BCUT2D eigenvalue weighted by atomic mass is 127. The van der Waals surface area contributed by atoms with Crippen molar-refractivity contribution in [3.8, 4) is 11.6 Å². The van der Waals surface area contributed by atoms with Crippen LogP contribution in [0.15, 0.2) is 18.5 Å². The molecular formula is C13H14IN5. The molecule has 1 fully saturated rings. The van der Waals surface area contributed by atoms with Gasteiger partial charge in [0.2, 0.25) is 0 Å². The summed E-state index contributed by atoms with van der Waals surface area (Å²) in [6, 6.07) is 1.79. The number of anilines is 1. The maximum absolute atomic E-state index is 4.66. The molecule has 19 heavy (non-hydrogen) atoms. The van der Waals surface area contributed by atoms with Crippen molar-refractivity contribution in [1.82, 2.24) is 19.9 Å². The highest BCUT2D eigenvalue weighted by Crippen LogP contribution is 2.42. The van der Waals surface area contributed by atoms with Gasteiger partial charge in [-0.1, -0.05) is 0 Å². The van der Waals surface area contributed by atoms with E-state index in [4.69, 9.17) is 0 Å². The van der Waals surface area contributed by atoms with E-state index in [2.05, 4.69) is 54.8 Å². The molecule has 3 rings (SSSR count). The summed E-state index contributed by atoms with van der Waals surface area (Å²) in [4.78, 5) is 17.7. The van der Waals surface area contributed by atoms with Crippen LogP contribution < -0.4 is 5.32 Å². The Labute approximate surface area is 125 Å². The first kappa shape index (κ1) is 12.7. The molecule has 1 aliphatic rings. The first-order valence-corrected chi connectivity index (χ1v) is 7.46. The molecule has 1 N–H and O–H groups in total. The van der Waals surface area contributed by atoms with E-state index in [-0.39, 0.29) is 0 Å². The van der Waals surface area contributed by atoms with Crippen LogP contribution in [0.5, 0.6) is 0 Å². The Morgan fingerprint density at radius 2 is 1.95 bits per heavy atom. The Balaban J connectivity index is 2.09. The van der Waals surface area contributed by atoms with Crippen LogP contribution in [0.2, 0.25) is 0 Å². The third-order valence-corrected chi connectivity index (χ3v) is 4.01. The molecule has 2 aromatic heterocycles. The summed E-state index contributed by atoms with van der Waals surface area (Å²) in [7, 11) is 0. The third kappa shape index (κ3) is 2.68. The molecule has 0 amide bonds. The second-order valence-electron chi connectivity index (χ2n) is 4.47. The second kappa shape index (κ2) is 5.36. The number of hydrogen-bond donors (Lipinski definition) is 1. The molecular weight excluding hydrogens is 353 g/mol. The fourth-order valence-corrected chi connectivity index (χ4v) is 2.76. The van der Waals surface area contributed by atoms with Crippen molar-refractivity contribution < 1.29 is 0 Å². The molecule has 6 heteroatoms. The van der Waals surface area contributed by atoms with E-state index in [1.807, 2.05) is 0 Å². The van der Waals surface area contributed by atoms with E-state index in [1.165, 1.54) is 12.8 Å². The third-order valence-electron chi connectivity index (χ3n) is 2.95. The number of halogens is 1. The fourth-order valence-electron chi connectivity index (χ4n) is 1.89. The molecule has 1 saturated carbocycles. The zero-order valence-electron chi connectivity index (χ0n) is 10.6. The predicted molar refractivity (Wildman–Crippen MR) is 81.9 cm³/mol. The van der Waals surface area contributed by atoms with Gasteiger partial charge in [0.15, 0.2) is 11.6 Å². The lowest BCUT2D eigenvalue weighted by Gasteiger charge is -2.11. The zero-order chi connectivity index (χ0) is 13.2. The van der Waals surface area contributed by atoms with Gasteiger partial charge in [-0.3, -0.25) is 0 Å². The molecule has 0 bridgehead atoms. The Morgan fingerprint density at radius 1 is 1.21 bits per heavy atom. The summed E-state index contributed by atoms with van der Waals surface area (Å²) in [5.74, 6) is 2.66. The Hall–Kier alpha value is -1.31. The highest BCUT2D eigenvalue weighted by Gasteiger charge is 2.29. The largest absolute Gasteiger partial charge is 0.369 e. The van der Waals surface area contributed by atoms with Crippen LogP contribution in [0.1, 0.15) is 31.4 Å². The molecule has 0 unspecified atom stereocenters. The maximum atomic E-state index is 4.66. The van der Waals surface area contributed by atoms with Crippen molar-refractivity contribution in [2.45, 2.75) is 25.7 Å². The first-order chi connectivity index (χ1) is 9.29. The minimum Gasteiger partial charge on any atom is -0.369 e. The molecule has 0 radical (unpaired) electrons. The molecule has 5 nitrogen and oxygen atoms in total. The van der Waals surface area contributed by atoms with Gasteiger partial charge < -0.3 is 5.32 Å². The minimum absolute atomic E-state index is 0.578. The molecule has 0 aliphatic heterocycles. The summed E-state index contributed by atoms with van der Waals surface area (Å²) >= 11 is 2.33. The zero-order valence-corrected chi connectivity index (χ0v) is 12.8. The maximum Gasteiger partial charge on any atom is 0.200 e. The quantitative estimate of drug-likeness (QED) is 0.842. The SMILES string of the molecule is CCNc1nc(-c2ncccn2)nc(C2CC2)c1I. The smallest absolute Gasteiger partial charge is 0.200 e. The Kier molecular flexibility index (Phi) is 3.58. The standard InChI is InChI=1S/C13H14IN5/c1-2-15-11-9(14)10(8-4-5-8)18-13(19-11)12-16-6-3-7-17-12/h3,6-8H,2,4-5H2,1H3,(H,15,18,19). The average molecular weight is 367 g/mol. The summed E-state index contributed by atoms with van der Waals surface area (Å²) in [5, 5.41) is 3.29. The van der Waals surface area contributed by atoms with Gasteiger partial charge in [-0.05, 0) is 48.4 Å². The van der Waals surface area contributed by atoms with Crippen LogP contribution in [0.4, 0.5) is 5.82 Å². The van der Waals surface area contributed by atoms with E-state index in [0.29, 0.717) is 17.6 Å². The van der Waals surface area contributed by atoms with Gasteiger partial charge in [0, 0.05) is 24.9 Å². The molecule has 0 atom stereocenters. The molecule has 0 saturated heterocycles. The molecule has 1 aliphatic carbocycles. The lowest BCUT2D eigenvalue weighted by molar-refractivity contribution is 0.956. The number of hydrogen-bond acceptors (Lipinski definition) is 5. The summed E-state index contributed by atoms with van der Waals surface area (Å²) in [6.07, 6.45) is 5.86. The number of nitrogens with zero attached hydrogens (tertiary/aromatic N) is 4. The lowest BCUT2D eigenvalue weighted by Crippen LogP contribution is -2.08. The van der Waals surface area contributed by atoms with Crippen LogP contribution in [0.3, 0.4) is 0 Å². The molecule has 0 spiro atoms. The average Bonchev–Trinajstić information content (AvgIpc) is 3.27. The van der Waals surface area contributed by atoms with Gasteiger partial charge in [-0.2, -0.15) is 0 Å². The van der Waals surface area contributed by atoms with Crippen molar-refractivity contribution in [1.29, 1.82) is 0 Å².